The predicted molar refractivity (Wildman–Crippen MR) is 127 cm³/mol. The SMILES string of the molecule is COC(=O)N1CC(OC(=O)N2CCCC2)C[C@H](C(=O)NO)[C@H]1C(=O)N1CCN(c2ccccc2)CC1. The molecule has 3 aliphatic heterocycles. The van der Waals surface area contributed by atoms with E-state index in [9.17, 15) is 24.4 Å². The van der Waals surface area contributed by atoms with Crippen LogP contribution in [0.5, 0.6) is 0 Å². The molecule has 36 heavy (non-hydrogen) atoms. The molecular weight excluding hydrogens is 470 g/mol. The zero-order valence-electron chi connectivity index (χ0n) is 20.4. The summed E-state index contributed by atoms with van der Waals surface area (Å²) < 4.78 is 10.5. The third-order valence-corrected chi connectivity index (χ3v) is 7.09. The van der Waals surface area contributed by atoms with Crippen LogP contribution in [0.2, 0.25) is 0 Å². The van der Waals surface area contributed by atoms with Crippen molar-refractivity contribution >= 4 is 29.7 Å². The van der Waals surface area contributed by atoms with Crippen LogP contribution in [0.1, 0.15) is 19.3 Å². The van der Waals surface area contributed by atoms with Crippen LogP contribution < -0.4 is 10.4 Å². The number of amides is 4. The van der Waals surface area contributed by atoms with Gasteiger partial charge < -0.3 is 24.2 Å². The van der Waals surface area contributed by atoms with Gasteiger partial charge in [0.05, 0.1) is 19.6 Å². The van der Waals surface area contributed by atoms with Crippen molar-refractivity contribution < 1.29 is 33.9 Å². The normalized spacial score (nSPS) is 24.3. The van der Waals surface area contributed by atoms with E-state index in [1.165, 1.54) is 7.11 Å². The number of benzene rings is 1. The van der Waals surface area contributed by atoms with Gasteiger partial charge in [0.2, 0.25) is 11.8 Å². The first kappa shape index (κ1) is 25.5. The lowest BCUT2D eigenvalue weighted by atomic mass is 9.86. The Labute approximate surface area is 209 Å². The third-order valence-electron chi connectivity index (χ3n) is 7.09. The second kappa shape index (κ2) is 11.5. The number of piperidine rings is 1. The number of hydrogen-bond acceptors (Lipinski definition) is 8. The topological polar surface area (TPSA) is 132 Å². The van der Waals surface area contributed by atoms with Crippen LogP contribution in [0.3, 0.4) is 0 Å². The molecule has 1 aromatic carbocycles. The highest BCUT2D eigenvalue weighted by Crippen LogP contribution is 2.30. The lowest BCUT2D eigenvalue weighted by Crippen LogP contribution is -2.64. The number of hydrogen-bond donors (Lipinski definition) is 2. The highest BCUT2D eigenvalue weighted by Gasteiger charge is 2.49. The minimum atomic E-state index is -1.20. The molecule has 12 heteroatoms. The van der Waals surface area contributed by atoms with E-state index >= 15 is 0 Å². The van der Waals surface area contributed by atoms with Gasteiger partial charge in [-0.3, -0.25) is 19.7 Å². The summed E-state index contributed by atoms with van der Waals surface area (Å²) in [5.41, 5.74) is 2.66. The van der Waals surface area contributed by atoms with Crippen molar-refractivity contribution in [2.75, 3.05) is 57.8 Å². The highest BCUT2D eigenvalue weighted by atomic mass is 16.6. The molecule has 196 valence electrons. The van der Waals surface area contributed by atoms with Crippen molar-refractivity contribution in [3.63, 3.8) is 0 Å². The van der Waals surface area contributed by atoms with Crippen LogP contribution in [-0.2, 0) is 19.1 Å². The van der Waals surface area contributed by atoms with Gasteiger partial charge in [0.1, 0.15) is 12.1 Å². The van der Waals surface area contributed by atoms with Gasteiger partial charge in [-0.2, -0.15) is 0 Å². The van der Waals surface area contributed by atoms with E-state index in [-0.39, 0.29) is 13.0 Å². The molecule has 4 rings (SSSR count). The highest BCUT2D eigenvalue weighted by molar-refractivity contribution is 5.93. The number of rotatable bonds is 4. The molecule has 1 unspecified atom stereocenters. The monoisotopic (exact) mass is 503 g/mol. The van der Waals surface area contributed by atoms with E-state index in [0.717, 1.165) is 23.4 Å². The van der Waals surface area contributed by atoms with E-state index in [2.05, 4.69) is 4.90 Å². The Morgan fingerprint density at radius 2 is 1.58 bits per heavy atom. The number of likely N-dealkylation sites (tertiary alicyclic amines) is 2. The van der Waals surface area contributed by atoms with Gasteiger partial charge >= 0.3 is 12.2 Å². The van der Waals surface area contributed by atoms with Crippen LogP contribution in [0.25, 0.3) is 0 Å². The summed E-state index contributed by atoms with van der Waals surface area (Å²) in [6, 6.07) is 8.65. The van der Waals surface area contributed by atoms with E-state index < -0.39 is 42.1 Å². The summed E-state index contributed by atoms with van der Waals surface area (Å²) in [5, 5.41) is 9.40. The minimum Gasteiger partial charge on any atom is -0.453 e. The Balaban J connectivity index is 1.50. The summed E-state index contributed by atoms with van der Waals surface area (Å²) in [6.07, 6.45) is -0.408. The van der Waals surface area contributed by atoms with Crippen molar-refractivity contribution in [2.45, 2.75) is 31.4 Å². The second-order valence-electron chi connectivity index (χ2n) is 9.23. The van der Waals surface area contributed by atoms with Crippen LogP contribution in [0.4, 0.5) is 15.3 Å². The minimum absolute atomic E-state index is 0.0140. The summed E-state index contributed by atoms with van der Waals surface area (Å²) in [4.78, 5) is 58.1. The first-order valence-corrected chi connectivity index (χ1v) is 12.3. The van der Waals surface area contributed by atoms with Gasteiger partial charge in [0.25, 0.3) is 0 Å². The number of nitrogens with zero attached hydrogens (tertiary/aromatic N) is 4. The maximum Gasteiger partial charge on any atom is 0.410 e. The number of para-hydroxylation sites is 1. The van der Waals surface area contributed by atoms with E-state index in [4.69, 9.17) is 9.47 Å². The smallest absolute Gasteiger partial charge is 0.410 e. The Bertz CT molecular complexity index is 921. The first-order valence-electron chi connectivity index (χ1n) is 12.3. The van der Waals surface area contributed by atoms with Crippen LogP contribution in [-0.4, -0.2) is 109 Å². The molecule has 3 heterocycles. The van der Waals surface area contributed by atoms with Crippen LogP contribution >= 0.6 is 0 Å². The van der Waals surface area contributed by atoms with Crippen molar-refractivity contribution in [3.05, 3.63) is 30.3 Å². The molecule has 4 amide bonds. The number of ether oxygens (including phenoxy) is 2. The zero-order chi connectivity index (χ0) is 25.7. The largest absolute Gasteiger partial charge is 0.453 e. The lowest BCUT2D eigenvalue weighted by Gasteiger charge is -2.44. The molecule has 3 fully saturated rings. The summed E-state index contributed by atoms with van der Waals surface area (Å²) in [6.45, 7) is 3.06. The van der Waals surface area contributed by atoms with Crippen LogP contribution in [0, 0.1) is 5.92 Å². The zero-order valence-corrected chi connectivity index (χ0v) is 20.4. The molecule has 0 aromatic heterocycles. The molecular formula is C24H33N5O7. The number of methoxy groups -OCH3 is 1. The summed E-state index contributed by atoms with van der Waals surface area (Å²) in [5.74, 6) is -2.36. The molecule has 0 bridgehead atoms. The molecule has 3 aliphatic rings. The Morgan fingerprint density at radius 1 is 0.917 bits per heavy atom. The Morgan fingerprint density at radius 3 is 2.19 bits per heavy atom. The molecule has 0 saturated carbocycles. The number of anilines is 1. The number of hydroxylamine groups is 1. The second-order valence-corrected chi connectivity index (χ2v) is 9.23. The fourth-order valence-electron chi connectivity index (χ4n) is 5.19. The van der Waals surface area contributed by atoms with Crippen molar-refractivity contribution in [2.24, 2.45) is 5.92 Å². The fraction of sp³-hybridized carbons (Fsp3) is 0.583. The molecule has 0 radical (unpaired) electrons. The predicted octanol–water partition coefficient (Wildman–Crippen LogP) is 0.899. The molecule has 0 spiro atoms. The molecule has 0 aliphatic carbocycles. The fourth-order valence-corrected chi connectivity index (χ4v) is 5.19. The summed E-state index contributed by atoms with van der Waals surface area (Å²) >= 11 is 0. The van der Waals surface area contributed by atoms with E-state index in [1.54, 1.807) is 15.3 Å². The number of nitrogens with one attached hydrogen (secondary N) is 1. The Kier molecular flexibility index (Phi) is 8.14. The van der Waals surface area contributed by atoms with Gasteiger partial charge in [-0.15, -0.1) is 0 Å². The van der Waals surface area contributed by atoms with E-state index in [1.807, 2.05) is 30.3 Å². The number of carbonyl (C=O) groups is 4. The van der Waals surface area contributed by atoms with Gasteiger partial charge in [-0.25, -0.2) is 15.1 Å². The number of piperazine rings is 1. The van der Waals surface area contributed by atoms with Gasteiger partial charge in [-0.05, 0) is 25.0 Å². The number of carbonyl (C=O) groups excluding carboxylic acids is 4. The maximum atomic E-state index is 13.7. The quantitative estimate of drug-likeness (QED) is 0.458. The maximum absolute atomic E-state index is 13.7. The molecule has 12 nitrogen and oxygen atoms in total. The average Bonchev–Trinajstić information content (AvgIpc) is 3.47. The van der Waals surface area contributed by atoms with Crippen LogP contribution in [0.15, 0.2) is 30.3 Å². The van der Waals surface area contributed by atoms with Gasteiger partial charge in [-0.1, -0.05) is 18.2 Å². The molecule has 1 aromatic rings. The third kappa shape index (κ3) is 5.48. The van der Waals surface area contributed by atoms with Gasteiger partial charge in [0.15, 0.2) is 0 Å². The first-order chi connectivity index (χ1) is 17.4. The van der Waals surface area contributed by atoms with Crippen molar-refractivity contribution in [1.82, 2.24) is 20.2 Å². The lowest BCUT2D eigenvalue weighted by molar-refractivity contribution is -0.151. The average molecular weight is 504 g/mol. The van der Waals surface area contributed by atoms with Crippen molar-refractivity contribution in [3.8, 4) is 0 Å². The molecule has 3 saturated heterocycles. The molecule has 3 atom stereocenters. The standard InChI is InChI=1S/C24H33N5O7/c1-35-24(33)29-16-18(36-23(32)28-9-5-6-10-28)15-19(21(30)25-34)20(29)22(31)27-13-11-26(12-14-27)17-7-3-2-4-8-17/h2-4,7-8,18-20,34H,5-6,9-16H2,1H3,(H,25,30)/t18?,19-,20-/m0/s1. The van der Waals surface area contributed by atoms with Crippen molar-refractivity contribution in [1.29, 1.82) is 0 Å². The van der Waals surface area contributed by atoms with Gasteiger partial charge in [0, 0.05) is 51.4 Å². The summed E-state index contributed by atoms with van der Waals surface area (Å²) in [7, 11) is 1.18. The van der Waals surface area contributed by atoms with E-state index in [0.29, 0.717) is 39.3 Å². The Hall–Kier alpha value is -3.54. The molecule has 2 N–H and O–H groups in total.